The molecule has 86 valence electrons. The molecular formula is C13H17BrN2. The van der Waals surface area contributed by atoms with E-state index in [0.29, 0.717) is 12.0 Å². The molecule has 1 saturated heterocycles. The molecule has 2 atom stereocenters. The van der Waals surface area contributed by atoms with Gasteiger partial charge in [0, 0.05) is 23.0 Å². The van der Waals surface area contributed by atoms with E-state index in [0.717, 1.165) is 0 Å². The number of piperidine rings is 1. The molecule has 1 aromatic carbocycles. The second-order valence-corrected chi connectivity index (χ2v) is 5.92. The summed E-state index contributed by atoms with van der Waals surface area (Å²) in [5.74, 6) is 0.672. The second kappa shape index (κ2) is 3.74. The fourth-order valence-corrected chi connectivity index (χ4v) is 3.55. The number of hydrogen-bond donors (Lipinski definition) is 1. The molecule has 0 spiro atoms. The van der Waals surface area contributed by atoms with E-state index < -0.39 is 0 Å². The zero-order valence-corrected chi connectivity index (χ0v) is 11.3. The van der Waals surface area contributed by atoms with Crippen molar-refractivity contribution < 1.29 is 0 Å². The molecule has 2 heterocycles. The predicted octanol–water partition coefficient (Wildman–Crippen LogP) is 2.97. The van der Waals surface area contributed by atoms with Gasteiger partial charge in [-0.3, -0.25) is 0 Å². The molecule has 2 aliphatic rings. The average Bonchev–Trinajstić information content (AvgIpc) is 2.63. The molecular weight excluding hydrogens is 264 g/mol. The minimum atomic E-state index is 0.642. The molecule has 0 aromatic heterocycles. The van der Waals surface area contributed by atoms with Crippen LogP contribution in [0.3, 0.4) is 0 Å². The van der Waals surface area contributed by atoms with Gasteiger partial charge in [0.05, 0.1) is 5.69 Å². The SMILES string of the molecule is Cc1ccc(Br)c2c1[C@@H]1CN(C)CC[C@H]1N2. The first kappa shape index (κ1) is 10.6. The first-order chi connectivity index (χ1) is 7.66. The summed E-state index contributed by atoms with van der Waals surface area (Å²) in [6, 6.07) is 5.02. The summed E-state index contributed by atoms with van der Waals surface area (Å²) in [6.07, 6.45) is 1.25. The zero-order valence-electron chi connectivity index (χ0n) is 9.76. The van der Waals surface area contributed by atoms with Crippen molar-refractivity contribution in [3.05, 3.63) is 27.7 Å². The van der Waals surface area contributed by atoms with Crippen molar-refractivity contribution >= 4 is 21.6 Å². The van der Waals surface area contributed by atoms with Gasteiger partial charge in [-0.2, -0.15) is 0 Å². The van der Waals surface area contributed by atoms with Crippen molar-refractivity contribution in [3.8, 4) is 0 Å². The highest BCUT2D eigenvalue weighted by Gasteiger charge is 2.37. The summed E-state index contributed by atoms with van der Waals surface area (Å²) in [5, 5.41) is 3.69. The Morgan fingerprint density at radius 2 is 2.25 bits per heavy atom. The lowest BCUT2D eigenvalue weighted by molar-refractivity contribution is 0.243. The minimum Gasteiger partial charge on any atom is -0.380 e. The van der Waals surface area contributed by atoms with Crippen LogP contribution >= 0.6 is 15.9 Å². The highest BCUT2D eigenvalue weighted by molar-refractivity contribution is 9.10. The number of rotatable bonds is 0. The van der Waals surface area contributed by atoms with Crippen LogP contribution in [-0.2, 0) is 0 Å². The molecule has 2 nitrogen and oxygen atoms in total. The van der Waals surface area contributed by atoms with Crippen LogP contribution in [0.4, 0.5) is 5.69 Å². The highest BCUT2D eigenvalue weighted by atomic mass is 79.9. The Balaban J connectivity index is 2.07. The maximum Gasteiger partial charge on any atom is 0.0526 e. The van der Waals surface area contributed by atoms with Gasteiger partial charge in [-0.25, -0.2) is 0 Å². The Morgan fingerprint density at radius 3 is 3.06 bits per heavy atom. The van der Waals surface area contributed by atoms with Crippen molar-refractivity contribution in [1.82, 2.24) is 4.90 Å². The Morgan fingerprint density at radius 1 is 1.44 bits per heavy atom. The number of hydrogen-bond acceptors (Lipinski definition) is 2. The molecule has 0 aliphatic carbocycles. The molecule has 3 rings (SSSR count). The summed E-state index contributed by atoms with van der Waals surface area (Å²) in [4.78, 5) is 2.44. The van der Waals surface area contributed by atoms with Crippen LogP contribution in [0.2, 0.25) is 0 Å². The van der Waals surface area contributed by atoms with Crippen LogP contribution in [-0.4, -0.2) is 31.1 Å². The van der Waals surface area contributed by atoms with Crippen molar-refractivity contribution in [2.24, 2.45) is 0 Å². The summed E-state index contributed by atoms with van der Waals surface area (Å²) < 4.78 is 1.21. The quantitative estimate of drug-likeness (QED) is 0.786. The zero-order chi connectivity index (χ0) is 11.3. The van der Waals surface area contributed by atoms with Crippen molar-refractivity contribution in [1.29, 1.82) is 0 Å². The summed E-state index contributed by atoms with van der Waals surface area (Å²) in [6.45, 7) is 4.62. The maximum absolute atomic E-state index is 3.69. The van der Waals surface area contributed by atoms with Crippen LogP contribution in [0.1, 0.15) is 23.5 Å². The lowest BCUT2D eigenvalue weighted by Gasteiger charge is -2.32. The third kappa shape index (κ3) is 1.49. The van der Waals surface area contributed by atoms with Gasteiger partial charge in [-0.05, 0) is 60.1 Å². The number of fused-ring (bicyclic) bond motifs is 3. The Bertz CT molecular complexity index is 430. The fraction of sp³-hybridized carbons (Fsp3) is 0.538. The Kier molecular flexibility index (Phi) is 2.48. The molecule has 2 aliphatic heterocycles. The number of anilines is 1. The van der Waals surface area contributed by atoms with E-state index in [1.807, 2.05) is 0 Å². The molecule has 16 heavy (non-hydrogen) atoms. The number of aryl methyl sites for hydroxylation is 1. The molecule has 0 saturated carbocycles. The average molecular weight is 281 g/mol. The van der Waals surface area contributed by atoms with E-state index in [-0.39, 0.29) is 0 Å². The lowest BCUT2D eigenvalue weighted by atomic mass is 9.87. The van der Waals surface area contributed by atoms with Gasteiger partial charge in [-0.1, -0.05) is 6.07 Å². The van der Waals surface area contributed by atoms with E-state index in [9.17, 15) is 0 Å². The third-order valence-electron chi connectivity index (χ3n) is 3.93. The molecule has 1 fully saturated rings. The maximum atomic E-state index is 3.69. The van der Waals surface area contributed by atoms with Crippen LogP contribution in [0.15, 0.2) is 16.6 Å². The molecule has 0 radical (unpaired) electrons. The molecule has 1 aromatic rings. The molecule has 0 amide bonds. The van der Waals surface area contributed by atoms with Gasteiger partial charge >= 0.3 is 0 Å². The number of likely N-dealkylation sites (tertiary alicyclic amines) is 1. The van der Waals surface area contributed by atoms with Crippen molar-refractivity contribution in [3.63, 3.8) is 0 Å². The monoisotopic (exact) mass is 280 g/mol. The Hall–Kier alpha value is -0.540. The fourth-order valence-electron chi connectivity index (χ4n) is 3.09. The summed E-state index contributed by atoms with van der Waals surface area (Å²) in [7, 11) is 2.22. The van der Waals surface area contributed by atoms with Gasteiger partial charge < -0.3 is 10.2 Å². The lowest BCUT2D eigenvalue weighted by Crippen LogP contribution is -2.39. The number of likely N-dealkylation sites (N-methyl/N-ethyl adjacent to an activating group) is 1. The van der Waals surface area contributed by atoms with Gasteiger partial charge in [0.15, 0.2) is 0 Å². The van der Waals surface area contributed by atoms with E-state index in [1.54, 1.807) is 0 Å². The molecule has 3 heteroatoms. The topological polar surface area (TPSA) is 15.3 Å². The third-order valence-corrected chi connectivity index (χ3v) is 4.59. The highest BCUT2D eigenvalue weighted by Crippen LogP contribution is 2.44. The number of halogens is 1. The smallest absolute Gasteiger partial charge is 0.0526 e. The predicted molar refractivity (Wildman–Crippen MR) is 71.1 cm³/mol. The normalized spacial score (nSPS) is 28.4. The number of benzene rings is 1. The van der Waals surface area contributed by atoms with Gasteiger partial charge in [0.25, 0.3) is 0 Å². The number of nitrogens with one attached hydrogen (secondary N) is 1. The Labute approximate surface area is 105 Å². The van der Waals surface area contributed by atoms with Gasteiger partial charge in [0.1, 0.15) is 0 Å². The standard InChI is InChI=1S/C13H17BrN2/c1-8-3-4-10(14)13-12(8)9-7-16(2)6-5-11(9)15-13/h3-4,9,11,15H,5-7H2,1-2H3/t9-,11-/m1/s1. The van der Waals surface area contributed by atoms with Crippen LogP contribution in [0.25, 0.3) is 0 Å². The molecule has 0 bridgehead atoms. The van der Waals surface area contributed by atoms with Gasteiger partial charge in [0.2, 0.25) is 0 Å². The molecule has 1 N–H and O–H groups in total. The van der Waals surface area contributed by atoms with Crippen LogP contribution in [0.5, 0.6) is 0 Å². The first-order valence-electron chi connectivity index (χ1n) is 5.91. The van der Waals surface area contributed by atoms with Crippen molar-refractivity contribution in [2.75, 3.05) is 25.5 Å². The molecule has 0 unspecified atom stereocenters. The second-order valence-electron chi connectivity index (χ2n) is 5.06. The minimum absolute atomic E-state index is 0.642. The van der Waals surface area contributed by atoms with Crippen LogP contribution in [0, 0.1) is 6.92 Å². The van der Waals surface area contributed by atoms with E-state index >= 15 is 0 Å². The van der Waals surface area contributed by atoms with E-state index in [2.05, 4.69) is 52.3 Å². The summed E-state index contributed by atoms with van der Waals surface area (Å²) in [5.41, 5.74) is 4.30. The summed E-state index contributed by atoms with van der Waals surface area (Å²) >= 11 is 3.65. The van der Waals surface area contributed by atoms with Crippen LogP contribution < -0.4 is 5.32 Å². The van der Waals surface area contributed by atoms with Crippen molar-refractivity contribution in [2.45, 2.75) is 25.3 Å². The van der Waals surface area contributed by atoms with E-state index in [1.165, 1.54) is 40.8 Å². The number of nitrogens with zero attached hydrogens (tertiary/aromatic N) is 1. The van der Waals surface area contributed by atoms with Gasteiger partial charge in [-0.15, -0.1) is 0 Å². The van der Waals surface area contributed by atoms with E-state index in [4.69, 9.17) is 0 Å². The first-order valence-corrected chi connectivity index (χ1v) is 6.70. The largest absolute Gasteiger partial charge is 0.380 e.